The van der Waals surface area contributed by atoms with Gasteiger partial charge in [-0.05, 0) is 60.9 Å². The highest BCUT2D eigenvalue weighted by molar-refractivity contribution is 7.93. The normalized spacial score (nSPS) is 12.1. The minimum absolute atomic E-state index is 0.223. The third kappa shape index (κ3) is 5.55. The topological polar surface area (TPSA) is 82.4 Å². The predicted molar refractivity (Wildman–Crippen MR) is 115 cm³/mol. The molecule has 0 atom stereocenters. The lowest BCUT2D eigenvalue weighted by molar-refractivity contribution is 0.196. The van der Waals surface area contributed by atoms with Gasteiger partial charge in [0.15, 0.2) is 4.91 Å². The molecule has 0 saturated heterocycles. The summed E-state index contributed by atoms with van der Waals surface area (Å²) in [5.41, 5.74) is 1.82. The smallest absolute Gasteiger partial charge is 0.250 e. The van der Waals surface area contributed by atoms with Gasteiger partial charge in [-0.15, -0.1) is 0 Å². The first-order chi connectivity index (χ1) is 13.4. The van der Waals surface area contributed by atoms with E-state index in [1.54, 1.807) is 13.2 Å². The molecule has 7 heteroatoms. The third-order valence-electron chi connectivity index (χ3n) is 4.49. The predicted octanol–water partition coefficient (Wildman–Crippen LogP) is 3.51. The number of fused-ring (bicyclic) bond motifs is 1. The summed E-state index contributed by atoms with van der Waals surface area (Å²) in [5, 5.41) is 11.4. The van der Waals surface area contributed by atoms with Crippen molar-refractivity contribution in [2.45, 2.75) is 20.3 Å². The number of hydrogen-bond acceptors (Lipinski definition) is 5. The van der Waals surface area contributed by atoms with Crippen LogP contribution in [0.1, 0.15) is 25.8 Å². The van der Waals surface area contributed by atoms with E-state index in [4.69, 9.17) is 4.74 Å². The number of sulfonamides is 1. The van der Waals surface area contributed by atoms with Gasteiger partial charge in [0, 0.05) is 39.0 Å². The summed E-state index contributed by atoms with van der Waals surface area (Å²) in [7, 11) is -2.29. The number of methoxy groups -OCH3 is 1. The molecule has 0 fully saturated rings. The molecular formula is C21H27N3O3S. The summed E-state index contributed by atoms with van der Waals surface area (Å²) in [4.78, 5) is 1.96. The van der Waals surface area contributed by atoms with Crippen LogP contribution in [0.4, 0.5) is 5.69 Å². The fraction of sp³-hybridized carbons (Fsp3) is 0.381. The molecule has 2 aromatic rings. The molecule has 150 valence electrons. The van der Waals surface area contributed by atoms with Crippen molar-refractivity contribution in [3.8, 4) is 6.07 Å². The number of hydrogen-bond donors (Lipinski definition) is 1. The fourth-order valence-corrected chi connectivity index (χ4v) is 3.93. The maximum atomic E-state index is 12.3. The van der Waals surface area contributed by atoms with Crippen LogP contribution < -0.4 is 9.62 Å². The Morgan fingerprint density at radius 2 is 1.86 bits per heavy atom. The van der Waals surface area contributed by atoms with E-state index in [2.05, 4.69) is 35.6 Å². The van der Waals surface area contributed by atoms with E-state index in [1.165, 1.54) is 6.08 Å². The molecule has 0 amide bonds. The van der Waals surface area contributed by atoms with Gasteiger partial charge in [0.1, 0.15) is 6.07 Å². The number of nitriles is 1. The second kappa shape index (κ2) is 10.2. The number of nitrogens with zero attached hydrogens (tertiary/aromatic N) is 2. The zero-order valence-electron chi connectivity index (χ0n) is 16.6. The van der Waals surface area contributed by atoms with E-state index in [1.807, 2.05) is 24.3 Å². The first-order valence-electron chi connectivity index (χ1n) is 9.34. The van der Waals surface area contributed by atoms with Gasteiger partial charge < -0.3 is 9.64 Å². The van der Waals surface area contributed by atoms with Gasteiger partial charge in [-0.3, -0.25) is 0 Å². The molecule has 0 saturated carbocycles. The Morgan fingerprint density at radius 3 is 2.50 bits per heavy atom. The molecule has 0 radical (unpaired) electrons. The SMILES string of the molecule is CCN(CC)c1ccc2cc(/C=C(\C#N)S(=O)(=O)NCCCOC)ccc2c1. The lowest BCUT2D eigenvalue weighted by atomic mass is 10.1. The second-order valence-corrected chi connectivity index (χ2v) is 8.06. The highest BCUT2D eigenvalue weighted by Crippen LogP contribution is 2.24. The molecule has 0 aliphatic rings. The molecule has 6 nitrogen and oxygen atoms in total. The van der Waals surface area contributed by atoms with Gasteiger partial charge in [-0.2, -0.15) is 5.26 Å². The Kier molecular flexibility index (Phi) is 8.00. The van der Waals surface area contributed by atoms with Crippen molar-refractivity contribution >= 4 is 32.6 Å². The molecule has 0 aliphatic carbocycles. The molecule has 0 unspecified atom stereocenters. The minimum Gasteiger partial charge on any atom is -0.385 e. The Balaban J connectivity index is 2.28. The van der Waals surface area contributed by atoms with Crippen LogP contribution >= 0.6 is 0 Å². The van der Waals surface area contributed by atoms with Gasteiger partial charge in [0.25, 0.3) is 10.0 Å². The van der Waals surface area contributed by atoms with Crippen molar-refractivity contribution < 1.29 is 13.2 Å². The van der Waals surface area contributed by atoms with E-state index in [0.717, 1.165) is 29.5 Å². The van der Waals surface area contributed by atoms with E-state index in [-0.39, 0.29) is 11.4 Å². The Hall–Kier alpha value is -2.40. The number of nitrogens with one attached hydrogen (secondary N) is 1. The summed E-state index contributed by atoms with van der Waals surface area (Å²) in [6.07, 6.45) is 1.94. The van der Waals surface area contributed by atoms with Gasteiger partial charge in [0.05, 0.1) is 0 Å². The monoisotopic (exact) mass is 401 g/mol. The highest BCUT2D eigenvalue weighted by Gasteiger charge is 2.16. The summed E-state index contributed by atoms with van der Waals surface area (Å²) in [5.74, 6) is 0. The summed E-state index contributed by atoms with van der Waals surface area (Å²) < 4.78 is 32.0. The minimum atomic E-state index is -3.84. The van der Waals surface area contributed by atoms with Crippen molar-refractivity contribution in [2.24, 2.45) is 0 Å². The van der Waals surface area contributed by atoms with Gasteiger partial charge in [-0.25, -0.2) is 13.1 Å². The van der Waals surface area contributed by atoms with E-state index < -0.39 is 10.0 Å². The van der Waals surface area contributed by atoms with Crippen LogP contribution in [-0.4, -0.2) is 41.8 Å². The Labute approximate surface area is 167 Å². The fourth-order valence-electron chi connectivity index (χ4n) is 2.95. The number of anilines is 1. The van der Waals surface area contributed by atoms with Crippen LogP contribution in [-0.2, 0) is 14.8 Å². The molecule has 28 heavy (non-hydrogen) atoms. The third-order valence-corrected chi connectivity index (χ3v) is 5.86. The summed E-state index contributed by atoms with van der Waals surface area (Å²) >= 11 is 0. The average molecular weight is 402 g/mol. The number of benzene rings is 2. The van der Waals surface area contributed by atoms with Crippen molar-refractivity contribution in [2.75, 3.05) is 38.3 Å². The van der Waals surface area contributed by atoms with Gasteiger partial charge >= 0.3 is 0 Å². The van der Waals surface area contributed by atoms with Crippen molar-refractivity contribution in [3.63, 3.8) is 0 Å². The van der Waals surface area contributed by atoms with Crippen LogP contribution in [0.15, 0.2) is 41.3 Å². The van der Waals surface area contributed by atoms with Crippen LogP contribution in [0.5, 0.6) is 0 Å². The van der Waals surface area contributed by atoms with Crippen LogP contribution in [0.3, 0.4) is 0 Å². The Bertz CT molecular complexity index is 974. The van der Waals surface area contributed by atoms with Crippen LogP contribution in [0, 0.1) is 11.3 Å². The summed E-state index contributed by atoms with van der Waals surface area (Å²) in [6.45, 7) is 6.78. The van der Waals surface area contributed by atoms with Crippen LogP contribution in [0.25, 0.3) is 16.8 Å². The zero-order chi connectivity index (χ0) is 20.6. The molecule has 0 aliphatic heterocycles. The molecular weight excluding hydrogens is 374 g/mol. The standard InChI is InChI=1S/C21H27N3O3S/c1-4-24(5-2)20-10-9-18-13-17(7-8-19(18)15-20)14-21(16-22)28(25,26)23-11-6-12-27-3/h7-10,13-15,23H,4-6,11-12H2,1-3H3/b21-14+. The first-order valence-corrected chi connectivity index (χ1v) is 10.8. The molecule has 2 aromatic carbocycles. The van der Waals surface area contributed by atoms with E-state index in [9.17, 15) is 13.7 Å². The molecule has 0 aromatic heterocycles. The maximum Gasteiger partial charge on any atom is 0.250 e. The largest absolute Gasteiger partial charge is 0.385 e. The lowest BCUT2D eigenvalue weighted by Crippen LogP contribution is -2.26. The number of allylic oxidation sites excluding steroid dienone is 1. The maximum absolute atomic E-state index is 12.3. The molecule has 0 heterocycles. The lowest BCUT2D eigenvalue weighted by Gasteiger charge is -2.21. The molecule has 2 rings (SSSR count). The molecule has 0 bridgehead atoms. The number of rotatable bonds is 10. The molecule has 1 N–H and O–H groups in total. The highest BCUT2D eigenvalue weighted by atomic mass is 32.2. The summed E-state index contributed by atoms with van der Waals surface area (Å²) in [6, 6.07) is 13.6. The Morgan fingerprint density at radius 1 is 1.18 bits per heavy atom. The van der Waals surface area contributed by atoms with Crippen molar-refractivity contribution in [3.05, 3.63) is 46.9 Å². The van der Waals surface area contributed by atoms with Gasteiger partial charge in [-0.1, -0.05) is 18.2 Å². The average Bonchev–Trinajstić information content (AvgIpc) is 2.70. The molecule has 0 spiro atoms. The van der Waals surface area contributed by atoms with Crippen LogP contribution in [0.2, 0.25) is 0 Å². The van der Waals surface area contributed by atoms with Crippen molar-refractivity contribution in [1.82, 2.24) is 4.72 Å². The number of ether oxygens (including phenoxy) is 1. The zero-order valence-corrected chi connectivity index (χ0v) is 17.4. The van der Waals surface area contributed by atoms with Crippen molar-refractivity contribution in [1.29, 1.82) is 5.26 Å². The second-order valence-electron chi connectivity index (χ2n) is 6.33. The van der Waals surface area contributed by atoms with E-state index >= 15 is 0 Å². The van der Waals surface area contributed by atoms with Gasteiger partial charge in [0.2, 0.25) is 0 Å². The van der Waals surface area contributed by atoms with E-state index in [0.29, 0.717) is 18.6 Å². The first kappa shape index (κ1) is 21.9. The quantitative estimate of drug-likeness (QED) is 0.487.